The van der Waals surface area contributed by atoms with Gasteiger partial charge in [-0.25, -0.2) is 9.29 Å². The first-order valence-electron chi connectivity index (χ1n) is 12.2. The second-order valence-corrected chi connectivity index (χ2v) is 10.9. The molecule has 0 radical (unpaired) electrons. The first kappa shape index (κ1) is 32.6. The van der Waals surface area contributed by atoms with Gasteiger partial charge in [0.1, 0.15) is 5.75 Å². The number of halogens is 1. The molecule has 0 saturated carbocycles. The fourth-order valence-electron chi connectivity index (χ4n) is 3.91. The Morgan fingerprint density at radius 1 is 1.18 bits per heavy atom. The number of carbonyl (C=O) groups excluding carboxylic acids is 3. The van der Waals surface area contributed by atoms with Gasteiger partial charge < -0.3 is 25.4 Å². The summed E-state index contributed by atoms with van der Waals surface area (Å²) in [5.74, 6) is -0.739. The third-order valence-corrected chi connectivity index (χ3v) is 6.08. The molecule has 15 heteroatoms. The summed E-state index contributed by atoms with van der Waals surface area (Å²) in [7, 11) is -4.10. The van der Waals surface area contributed by atoms with Crippen LogP contribution >= 0.6 is 7.60 Å². The Bertz CT molecular complexity index is 1250. The number of fused-ring (bicyclic) bond motifs is 1. The number of aliphatic carboxylic acids is 1. The Morgan fingerprint density at radius 3 is 2.20 bits per heavy atom. The van der Waals surface area contributed by atoms with Crippen molar-refractivity contribution in [2.75, 3.05) is 35.8 Å². The lowest BCUT2D eigenvalue weighted by Crippen LogP contribution is -2.39. The lowest BCUT2D eigenvalue weighted by Gasteiger charge is -2.29. The second kappa shape index (κ2) is 14.2. The summed E-state index contributed by atoms with van der Waals surface area (Å²) in [6, 6.07) is 2.70. The van der Waals surface area contributed by atoms with Crippen molar-refractivity contribution in [2.45, 2.75) is 45.6 Å². The number of carboxylic acids is 1. The van der Waals surface area contributed by atoms with E-state index < -0.39 is 44.0 Å². The number of hydrogen-bond donors (Lipinski definition) is 5. The number of ether oxygens (including phenoxy) is 1. The maximum absolute atomic E-state index is 14.7. The number of rotatable bonds is 6. The molecule has 2 aliphatic heterocycles. The van der Waals surface area contributed by atoms with Crippen molar-refractivity contribution in [1.29, 1.82) is 0 Å². The first-order valence-corrected chi connectivity index (χ1v) is 14.0. The molecule has 1 aromatic rings. The maximum Gasteiger partial charge on any atom is 0.339 e. The molecule has 6 N–H and O–H groups in total. The van der Waals surface area contributed by atoms with E-state index in [2.05, 4.69) is 11.2 Å². The molecule has 0 saturated heterocycles. The van der Waals surface area contributed by atoms with E-state index >= 15 is 0 Å². The fourth-order valence-corrected chi connectivity index (χ4v) is 4.32. The SMILES string of the molecule is C#CCN1C(=O)COc2cc(F)c(N3C(=O)C4=C(CCCC4)C3=O)cc21.CC(C)N.O=C(O)CNCP(=O)(O)O. The van der Waals surface area contributed by atoms with Crippen LogP contribution in [0.1, 0.15) is 39.5 Å². The van der Waals surface area contributed by atoms with Gasteiger partial charge in [-0.1, -0.05) is 19.8 Å². The van der Waals surface area contributed by atoms with Crippen LogP contribution in [0.15, 0.2) is 23.3 Å². The molecule has 0 spiro atoms. The summed E-state index contributed by atoms with van der Waals surface area (Å²) in [4.78, 5) is 65.7. The van der Waals surface area contributed by atoms with Crippen LogP contribution in [-0.2, 0) is 23.7 Å². The Balaban J connectivity index is 0.000000335. The molecule has 0 aromatic heterocycles. The van der Waals surface area contributed by atoms with Crippen molar-refractivity contribution in [1.82, 2.24) is 5.32 Å². The van der Waals surface area contributed by atoms with Gasteiger partial charge in [0.25, 0.3) is 17.7 Å². The normalized spacial score (nSPS) is 16.3. The lowest BCUT2D eigenvalue weighted by molar-refractivity contribution is -0.136. The van der Waals surface area contributed by atoms with Gasteiger partial charge in [0, 0.05) is 17.2 Å². The molecule has 4 rings (SSSR count). The Morgan fingerprint density at radius 2 is 1.73 bits per heavy atom. The van der Waals surface area contributed by atoms with Crippen molar-refractivity contribution < 1.29 is 47.8 Å². The van der Waals surface area contributed by atoms with Crippen LogP contribution in [0.2, 0.25) is 0 Å². The largest absolute Gasteiger partial charge is 0.481 e. The highest BCUT2D eigenvalue weighted by molar-refractivity contribution is 7.51. The van der Waals surface area contributed by atoms with Crippen molar-refractivity contribution in [3.63, 3.8) is 0 Å². The number of nitrogens with two attached hydrogens (primary N) is 1. The zero-order valence-electron chi connectivity index (χ0n) is 22.1. The number of benzene rings is 1. The van der Waals surface area contributed by atoms with Crippen LogP contribution in [0.4, 0.5) is 15.8 Å². The molecule has 3 amide bonds. The molecular weight excluding hydrogens is 550 g/mol. The van der Waals surface area contributed by atoms with Gasteiger partial charge in [0.05, 0.1) is 30.8 Å². The van der Waals surface area contributed by atoms with Crippen LogP contribution in [0.5, 0.6) is 5.75 Å². The zero-order chi connectivity index (χ0) is 30.2. The minimum atomic E-state index is -4.10. The van der Waals surface area contributed by atoms with Crippen molar-refractivity contribution in [2.24, 2.45) is 5.73 Å². The third-order valence-electron chi connectivity index (χ3n) is 5.45. The summed E-state index contributed by atoms with van der Waals surface area (Å²) in [6.07, 6.45) is 7.41. The van der Waals surface area contributed by atoms with Crippen LogP contribution in [0.3, 0.4) is 0 Å². The quantitative estimate of drug-likeness (QED) is 0.183. The molecule has 1 aromatic carbocycles. The minimum absolute atomic E-state index is 0.0170. The van der Waals surface area contributed by atoms with Crippen molar-refractivity contribution >= 4 is 42.7 Å². The summed E-state index contributed by atoms with van der Waals surface area (Å²) in [5, 5.41) is 10.1. The average Bonchev–Trinajstić information content (AvgIpc) is 3.10. The molecule has 3 aliphatic rings. The lowest BCUT2D eigenvalue weighted by atomic mass is 9.93. The Hall–Kier alpha value is -3.60. The summed E-state index contributed by atoms with van der Waals surface area (Å²) >= 11 is 0. The molecule has 1 aliphatic carbocycles. The number of nitrogens with zero attached hydrogens (tertiary/aromatic N) is 2. The summed E-state index contributed by atoms with van der Waals surface area (Å²) < 4.78 is 30.0. The van der Waals surface area contributed by atoms with E-state index in [4.69, 9.17) is 31.8 Å². The van der Waals surface area contributed by atoms with Crippen LogP contribution in [0.25, 0.3) is 0 Å². The van der Waals surface area contributed by atoms with E-state index in [1.807, 2.05) is 13.8 Å². The van der Waals surface area contributed by atoms with Gasteiger partial charge in [-0.15, -0.1) is 6.42 Å². The van der Waals surface area contributed by atoms with E-state index in [0.29, 0.717) is 30.0 Å². The van der Waals surface area contributed by atoms with E-state index in [1.54, 1.807) is 0 Å². The molecule has 13 nitrogen and oxygen atoms in total. The smallest absolute Gasteiger partial charge is 0.339 e. The van der Waals surface area contributed by atoms with Gasteiger partial charge in [-0.2, -0.15) is 0 Å². The molecule has 0 bridgehead atoms. The molecular formula is C25H32FN4O9P. The number of nitrogens with one attached hydrogen (secondary N) is 1. The molecule has 0 fully saturated rings. The van der Waals surface area contributed by atoms with Crippen molar-refractivity contribution in [3.05, 3.63) is 29.1 Å². The van der Waals surface area contributed by atoms with Gasteiger partial charge in [-0.05, 0) is 37.8 Å². The zero-order valence-corrected chi connectivity index (χ0v) is 22.9. The maximum atomic E-state index is 14.7. The van der Waals surface area contributed by atoms with Gasteiger partial charge in [0.2, 0.25) is 0 Å². The number of carbonyl (C=O) groups is 4. The monoisotopic (exact) mass is 582 g/mol. The summed E-state index contributed by atoms with van der Waals surface area (Å²) in [5.41, 5.74) is 6.10. The van der Waals surface area contributed by atoms with Crippen LogP contribution < -0.4 is 25.6 Å². The Kier molecular flexibility index (Phi) is 11.5. The molecule has 218 valence electrons. The van der Waals surface area contributed by atoms with E-state index in [9.17, 15) is 28.1 Å². The van der Waals surface area contributed by atoms with Crippen molar-refractivity contribution in [3.8, 4) is 18.1 Å². The predicted octanol–water partition coefficient (Wildman–Crippen LogP) is 1.08. The van der Waals surface area contributed by atoms with E-state index in [-0.39, 0.29) is 36.2 Å². The highest BCUT2D eigenvalue weighted by atomic mass is 31.2. The standard InChI is InChI=1S/C19H15FN2O4.C3H8NO5P.C3H9N/c1-2-7-21-15-9-14(13(20)8-16(15)26-10-17(21)23)22-18(24)11-5-3-4-6-12(11)19(22)25;5-3(6)1-4-2-10(7,8)9;1-3(2)4/h1,8-9H,3-7,10H2;4H,1-2H2,(H,5,6)(H2,7,8,9);3H,4H2,1-2H3. The van der Waals surface area contributed by atoms with E-state index in [1.165, 1.54) is 11.0 Å². The second-order valence-electron chi connectivity index (χ2n) is 9.24. The van der Waals surface area contributed by atoms with Gasteiger partial charge in [0.15, 0.2) is 12.4 Å². The molecule has 0 unspecified atom stereocenters. The average molecular weight is 583 g/mol. The topological polar surface area (TPSA) is 200 Å². The first-order chi connectivity index (χ1) is 18.7. The number of hydrogen-bond acceptors (Lipinski definition) is 8. The Labute approximate surface area is 230 Å². The molecule has 40 heavy (non-hydrogen) atoms. The van der Waals surface area contributed by atoms with Crippen LogP contribution in [-0.4, -0.2) is 70.6 Å². The number of anilines is 2. The number of amides is 3. The third kappa shape index (κ3) is 8.70. The molecule has 2 heterocycles. The van der Waals surface area contributed by atoms with Gasteiger partial charge in [-0.3, -0.25) is 34.0 Å². The summed E-state index contributed by atoms with van der Waals surface area (Å²) in [6.45, 7) is 3.19. The highest BCUT2D eigenvalue weighted by Crippen LogP contribution is 2.41. The van der Waals surface area contributed by atoms with E-state index in [0.717, 1.165) is 23.8 Å². The molecule has 0 atom stereocenters. The number of carboxylic acid groups (broad SMARTS) is 1. The van der Waals surface area contributed by atoms with Gasteiger partial charge >= 0.3 is 13.6 Å². The predicted molar refractivity (Wildman–Crippen MR) is 143 cm³/mol. The number of terminal acetylenes is 1. The minimum Gasteiger partial charge on any atom is -0.481 e. The fraction of sp³-hybridized carbons (Fsp3) is 0.440. The highest BCUT2D eigenvalue weighted by Gasteiger charge is 2.41. The number of imide groups is 1. The van der Waals surface area contributed by atoms with Crippen LogP contribution in [0, 0.1) is 18.2 Å².